The van der Waals surface area contributed by atoms with E-state index in [9.17, 15) is 14.0 Å². The summed E-state index contributed by atoms with van der Waals surface area (Å²) in [7, 11) is 0. The molecule has 0 spiro atoms. The zero-order chi connectivity index (χ0) is 23.1. The average molecular weight is 441 g/mol. The van der Waals surface area contributed by atoms with E-state index < -0.39 is 6.04 Å². The van der Waals surface area contributed by atoms with Crippen LogP contribution in [0, 0.1) is 19.7 Å². The maximum absolute atomic E-state index is 13.3. The van der Waals surface area contributed by atoms with Gasteiger partial charge in [-0.05, 0) is 74.6 Å². The van der Waals surface area contributed by atoms with Crippen molar-refractivity contribution in [2.75, 3.05) is 6.61 Å². The maximum Gasteiger partial charge on any atom is 0.261 e. The van der Waals surface area contributed by atoms with E-state index in [4.69, 9.17) is 4.74 Å². The van der Waals surface area contributed by atoms with Gasteiger partial charge < -0.3 is 15.0 Å². The summed E-state index contributed by atoms with van der Waals surface area (Å²) in [6.45, 7) is 5.70. The molecule has 0 bridgehead atoms. The third-order valence-electron chi connectivity index (χ3n) is 5.94. The second-order valence-electron chi connectivity index (χ2n) is 8.78. The van der Waals surface area contributed by atoms with Gasteiger partial charge in [-0.2, -0.15) is 0 Å². The number of ether oxygens (including phenoxy) is 1. The molecule has 1 aliphatic rings. The van der Waals surface area contributed by atoms with Gasteiger partial charge in [-0.15, -0.1) is 0 Å². The molecule has 1 fully saturated rings. The Kier molecular flexibility index (Phi) is 8.26. The van der Waals surface area contributed by atoms with Crippen LogP contribution in [0.1, 0.15) is 55.7 Å². The second-order valence-corrected chi connectivity index (χ2v) is 8.78. The quantitative estimate of drug-likeness (QED) is 0.648. The first-order chi connectivity index (χ1) is 15.3. The molecule has 2 aromatic carbocycles. The Morgan fingerprint density at radius 1 is 1.06 bits per heavy atom. The average Bonchev–Trinajstić information content (AvgIpc) is 2.76. The minimum Gasteiger partial charge on any atom is -0.484 e. The van der Waals surface area contributed by atoms with Crippen molar-refractivity contribution in [2.45, 2.75) is 71.5 Å². The molecule has 0 saturated heterocycles. The summed E-state index contributed by atoms with van der Waals surface area (Å²) in [5, 5.41) is 3.10. The Bertz CT molecular complexity index is 903. The number of halogens is 1. The normalized spacial score (nSPS) is 15.1. The molecule has 3 rings (SSSR count). The van der Waals surface area contributed by atoms with Crippen molar-refractivity contribution in [1.29, 1.82) is 0 Å². The molecule has 1 atom stereocenters. The van der Waals surface area contributed by atoms with Crippen LogP contribution < -0.4 is 10.1 Å². The number of rotatable bonds is 8. The van der Waals surface area contributed by atoms with Crippen molar-refractivity contribution in [2.24, 2.45) is 0 Å². The van der Waals surface area contributed by atoms with Gasteiger partial charge in [0.05, 0.1) is 0 Å². The van der Waals surface area contributed by atoms with Crippen LogP contribution in [0.5, 0.6) is 5.75 Å². The van der Waals surface area contributed by atoms with Crippen molar-refractivity contribution >= 4 is 11.8 Å². The standard InChI is InChI=1S/C26H33FN2O3/c1-18-13-19(2)15-24(14-18)32-17-25(30)29(16-21-9-11-22(27)12-10-21)20(3)26(31)28-23-7-5-4-6-8-23/h9-15,20,23H,4-8,16-17H2,1-3H3,(H,28,31)/t20-/m1/s1. The van der Waals surface area contributed by atoms with Gasteiger partial charge in [0.1, 0.15) is 17.6 Å². The number of benzene rings is 2. The van der Waals surface area contributed by atoms with Crippen molar-refractivity contribution in [3.05, 3.63) is 65.0 Å². The van der Waals surface area contributed by atoms with Crippen LogP contribution in [0.4, 0.5) is 4.39 Å². The molecule has 1 aliphatic carbocycles. The summed E-state index contributed by atoms with van der Waals surface area (Å²) in [5.41, 5.74) is 2.86. The molecule has 0 heterocycles. The van der Waals surface area contributed by atoms with Crippen molar-refractivity contribution < 1.29 is 18.7 Å². The van der Waals surface area contributed by atoms with Crippen molar-refractivity contribution in [1.82, 2.24) is 10.2 Å². The lowest BCUT2D eigenvalue weighted by Gasteiger charge is -2.31. The van der Waals surface area contributed by atoms with Gasteiger partial charge in [0.25, 0.3) is 5.91 Å². The molecule has 0 unspecified atom stereocenters. The van der Waals surface area contributed by atoms with Crippen LogP contribution in [0.3, 0.4) is 0 Å². The Balaban J connectivity index is 1.71. The highest BCUT2D eigenvalue weighted by molar-refractivity contribution is 5.88. The first-order valence-electron chi connectivity index (χ1n) is 11.4. The first kappa shape index (κ1) is 23.8. The van der Waals surface area contributed by atoms with Crippen LogP contribution in [-0.4, -0.2) is 35.4 Å². The fourth-order valence-electron chi connectivity index (χ4n) is 4.18. The highest BCUT2D eigenvalue weighted by atomic mass is 19.1. The van der Waals surface area contributed by atoms with Gasteiger partial charge in [-0.25, -0.2) is 4.39 Å². The van der Waals surface area contributed by atoms with E-state index in [1.54, 1.807) is 19.1 Å². The minimum atomic E-state index is -0.669. The lowest BCUT2D eigenvalue weighted by Crippen LogP contribution is -2.51. The van der Waals surface area contributed by atoms with Crippen molar-refractivity contribution in [3.8, 4) is 5.75 Å². The van der Waals surface area contributed by atoms with Gasteiger partial charge in [-0.1, -0.05) is 37.5 Å². The lowest BCUT2D eigenvalue weighted by atomic mass is 9.95. The predicted octanol–water partition coefficient (Wildman–Crippen LogP) is 4.69. The number of hydrogen-bond acceptors (Lipinski definition) is 3. The summed E-state index contributed by atoms with van der Waals surface area (Å²) >= 11 is 0. The van der Waals surface area contributed by atoms with E-state index in [0.29, 0.717) is 5.75 Å². The number of amides is 2. The zero-order valence-corrected chi connectivity index (χ0v) is 19.2. The molecule has 1 saturated carbocycles. The third kappa shape index (κ3) is 6.81. The molecule has 2 aromatic rings. The zero-order valence-electron chi connectivity index (χ0n) is 19.2. The van der Waals surface area contributed by atoms with Gasteiger partial charge in [0, 0.05) is 12.6 Å². The SMILES string of the molecule is Cc1cc(C)cc(OCC(=O)N(Cc2ccc(F)cc2)[C@H](C)C(=O)NC2CCCCC2)c1. The first-order valence-corrected chi connectivity index (χ1v) is 11.4. The summed E-state index contributed by atoms with van der Waals surface area (Å²) in [6, 6.07) is 11.3. The number of carbonyl (C=O) groups is 2. The Morgan fingerprint density at radius 2 is 1.69 bits per heavy atom. The number of hydrogen-bond donors (Lipinski definition) is 1. The molecule has 0 aromatic heterocycles. The molecule has 2 amide bonds. The van der Waals surface area contributed by atoms with Crippen LogP contribution in [0.2, 0.25) is 0 Å². The molecule has 32 heavy (non-hydrogen) atoms. The smallest absolute Gasteiger partial charge is 0.261 e. The molecule has 0 radical (unpaired) electrons. The van der Waals surface area contributed by atoms with Gasteiger partial charge in [0.15, 0.2) is 6.61 Å². The van der Waals surface area contributed by atoms with Crippen LogP contribution in [0.25, 0.3) is 0 Å². The summed E-state index contributed by atoms with van der Waals surface area (Å²) in [6.07, 6.45) is 5.37. The highest BCUT2D eigenvalue weighted by Gasteiger charge is 2.28. The second kappa shape index (κ2) is 11.1. The van der Waals surface area contributed by atoms with Gasteiger partial charge in [-0.3, -0.25) is 9.59 Å². The van der Waals surface area contributed by atoms with E-state index in [1.165, 1.54) is 23.5 Å². The van der Waals surface area contributed by atoms with Crippen LogP contribution in [-0.2, 0) is 16.1 Å². The summed E-state index contributed by atoms with van der Waals surface area (Å²) in [5.74, 6) is -0.178. The number of nitrogens with one attached hydrogen (secondary N) is 1. The maximum atomic E-state index is 13.3. The molecule has 0 aliphatic heterocycles. The summed E-state index contributed by atoms with van der Waals surface area (Å²) in [4.78, 5) is 27.6. The van der Waals surface area contributed by atoms with Gasteiger partial charge in [0.2, 0.25) is 5.91 Å². The van der Waals surface area contributed by atoms with Crippen molar-refractivity contribution in [3.63, 3.8) is 0 Å². The van der Waals surface area contributed by atoms with E-state index in [0.717, 1.165) is 42.4 Å². The van der Waals surface area contributed by atoms with E-state index in [1.807, 2.05) is 32.0 Å². The molecule has 172 valence electrons. The minimum absolute atomic E-state index is 0.160. The topological polar surface area (TPSA) is 58.6 Å². The number of aryl methyl sites for hydroxylation is 2. The van der Waals surface area contributed by atoms with E-state index in [2.05, 4.69) is 5.32 Å². The van der Waals surface area contributed by atoms with E-state index in [-0.39, 0.29) is 36.8 Å². The van der Waals surface area contributed by atoms with Gasteiger partial charge >= 0.3 is 0 Å². The van der Waals surface area contributed by atoms with Crippen LogP contribution in [0.15, 0.2) is 42.5 Å². The lowest BCUT2D eigenvalue weighted by molar-refractivity contribution is -0.142. The largest absolute Gasteiger partial charge is 0.484 e. The highest BCUT2D eigenvalue weighted by Crippen LogP contribution is 2.19. The monoisotopic (exact) mass is 440 g/mol. The number of carbonyl (C=O) groups excluding carboxylic acids is 2. The summed E-state index contributed by atoms with van der Waals surface area (Å²) < 4.78 is 19.1. The van der Waals surface area contributed by atoms with E-state index >= 15 is 0 Å². The molecule has 5 nitrogen and oxygen atoms in total. The molecule has 1 N–H and O–H groups in total. The van der Waals surface area contributed by atoms with Crippen LogP contribution >= 0.6 is 0 Å². The Labute approximate surface area is 190 Å². The predicted molar refractivity (Wildman–Crippen MR) is 123 cm³/mol. The fraction of sp³-hybridized carbons (Fsp3) is 0.462. The molecular formula is C26H33FN2O3. The third-order valence-corrected chi connectivity index (χ3v) is 5.94. The number of nitrogens with zero attached hydrogens (tertiary/aromatic N) is 1. The molecular weight excluding hydrogens is 407 g/mol. The Hall–Kier alpha value is -2.89. The molecule has 6 heteroatoms. The Morgan fingerprint density at radius 3 is 2.31 bits per heavy atom. The fourth-order valence-corrected chi connectivity index (χ4v) is 4.18.